The second kappa shape index (κ2) is 5.65. The summed E-state index contributed by atoms with van der Waals surface area (Å²) in [6.45, 7) is 3.42. The lowest BCUT2D eigenvalue weighted by molar-refractivity contribution is 0.0936. The number of methoxy groups -OCH3 is 1. The minimum Gasteiger partial charge on any atom is -0.383 e. The average molecular weight is 253 g/mol. The van der Waals surface area contributed by atoms with Crippen molar-refractivity contribution in [2.24, 2.45) is 5.92 Å². The number of hydrogen-bond donors (Lipinski definition) is 1. The van der Waals surface area contributed by atoms with Crippen molar-refractivity contribution < 1.29 is 9.53 Å². The van der Waals surface area contributed by atoms with E-state index in [1.165, 1.54) is 16.9 Å². The van der Waals surface area contributed by atoms with Gasteiger partial charge < -0.3 is 10.1 Å². The van der Waals surface area contributed by atoms with Gasteiger partial charge in [0.15, 0.2) is 0 Å². The summed E-state index contributed by atoms with van der Waals surface area (Å²) in [6, 6.07) is 0. The highest BCUT2D eigenvalue weighted by atomic mass is 32.1. The molecule has 1 amide bonds. The first kappa shape index (κ1) is 12.6. The van der Waals surface area contributed by atoms with Crippen molar-refractivity contribution in [3.05, 3.63) is 21.4 Å². The van der Waals surface area contributed by atoms with Gasteiger partial charge in [-0.3, -0.25) is 4.79 Å². The molecule has 1 heterocycles. The van der Waals surface area contributed by atoms with Crippen LogP contribution < -0.4 is 5.32 Å². The highest BCUT2D eigenvalue weighted by Gasteiger charge is 2.22. The molecule has 4 heteroatoms. The van der Waals surface area contributed by atoms with E-state index in [1.54, 1.807) is 18.4 Å². The van der Waals surface area contributed by atoms with E-state index < -0.39 is 0 Å². The molecule has 1 aliphatic carbocycles. The lowest BCUT2D eigenvalue weighted by Gasteiger charge is -2.18. The van der Waals surface area contributed by atoms with Gasteiger partial charge in [-0.05, 0) is 30.7 Å². The summed E-state index contributed by atoms with van der Waals surface area (Å²) in [5.74, 6) is 0.805. The van der Waals surface area contributed by atoms with Gasteiger partial charge >= 0.3 is 0 Å². The van der Waals surface area contributed by atoms with Gasteiger partial charge in [-0.1, -0.05) is 6.92 Å². The topological polar surface area (TPSA) is 38.3 Å². The molecule has 1 aromatic rings. The Labute approximate surface area is 106 Å². The van der Waals surface area contributed by atoms with Crippen LogP contribution in [0.3, 0.4) is 0 Å². The Morgan fingerprint density at radius 2 is 2.47 bits per heavy atom. The van der Waals surface area contributed by atoms with Crippen LogP contribution in [-0.2, 0) is 17.6 Å². The Hall–Kier alpha value is -0.870. The first-order valence-corrected chi connectivity index (χ1v) is 6.96. The van der Waals surface area contributed by atoms with Gasteiger partial charge in [0.2, 0.25) is 0 Å². The summed E-state index contributed by atoms with van der Waals surface area (Å²) in [7, 11) is 1.64. The maximum absolute atomic E-state index is 12.0. The standard InChI is InChI=1S/C13H19NO2S/c1-9-3-4-10-11(8-17-12(10)7-9)13(15)14-5-6-16-2/h8-9H,3-7H2,1-2H3,(H,14,15)/t9-/m0/s1. The maximum Gasteiger partial charge on any atom is 0.252 e. The Bertz CT molecular complexity index is 400. The van der Waals surface area contributed by atoms with Crippen LogP contribution in [0.1, 0.15) is 34.1 Å². The van der Waals surface area contributed by atoms with Crippen molar-refractivity contribution >= 4 is 17.2 Å². The second-order valence-corrected chi connectivity index (χ2v) is 5.61. The molecule has 17 heavy (non-hydrogen) atoms. The summed E-state index contributed by atoms with van der Waals surface area (Å²) < 4.78 is 4.92. The molecule has 3 nitrogen and oxygen atoms in total. The number of hydrogen-bond acceptors (Lipinski definition) is 3. The molecule has 0 saturated heterocycles. The Kier molecular flexibility index (Phi) is 4.18. The fourth-order valence-electron chi connectivity index (χ4n) is 2.23. The van der Waals surface area contributed by atoms with E-state index in [1.807, 2.05) is 5.38 Å². The molecule has 0 aromatic carbocycles. The van der Waals surface area contributed by atoms with Crippen LogP contribution in [-0.4, -0.2) is 26.2 Å². The highest BCUT2D eigenvalue weighted by molar-refractivity contribution is 7.10. The molecule has 0 spiro atoms. The van der Waals surface area contributed by atoms with Crippen LogP contribution in [0.2, 0.25) is 0 Å². The predicted molar refractivity (Wildman–Crippen MR) is 69.7 cm³/mol. The first-order chi connectivity index (χ1) is 8.22. The Morgan fingerprint density at radius 1 is 1.65 bits per heavy atom. The zero-order chi connectivity index (χ0) is 12.3. The van der Waals surface area contributed by atoms with Crippen LogP contribution in [0.25, 0.3) is 0 Å². The maximum atomic E-state index is 12.0. The highest BCUT2D eigenvalue weighted by Crippen LogP contribution is 2.32. The normalized spacial score (nSPS) is 18.8. The molecule has 0 saturated carbocycles. The number of fused-ring (bicyclic) bond motifs is 1. The largest absolute Gasteiger partial charge is 0.383 e. The van der Waals surface area contributed by atoms with E-state index in [4.69, 9.17) is 4.74 Å². The fourth-order valence-corrected chi connectivity index (χ4v) is 3.47. The lowest BCUT2D eigenvalue weighted by atomic mass is 9.88. The molecule has 0 bridgehead atoms. The summed E-state index contributed by atoms with van der Waals surface area (Å²) in [5.41, 5.74) is 2.16. The summed E-state index contributed by atoms with van der Waals surface area (Å²) in [4.78, 5) is 13.4. The number of rotatable bonds is 4. The van der Waals surface area contributed by atoms with Crippen LogP contribution in [0.5, 0.6) is 0 Å². The smallest absolute Gasteiger partial charge is 0.252 e. The molecule has 2 rings (SSSR count). The van der Waals surface area contributed by atoms with Crippen molar-refractivity contribution in [3.63, 3.8) is 0 Å². The first-order valence-electron chi connectivity index (χ1n) is 6.08. The van der Waals surface area contributed by atoms with Gasteiger partial charge in [0.05, 0.1) is 12.2 Å². The third-order valence-electron chi connectivity index (χ3n) is 3.24. The number of carbonyl (C=O) groups is 1. The van der Waals surface area contributed by atoms with Crippen LogP contribution in [0.4, 0.5) is 0 Å². The molecular formula is C13H19NO2S. The van der Waals surface area contributed by atoms with E-state index in [0.717, 1.165) is 24.3 Å². The quantitative estimate of drug-likeness (QED) is 0.836. The van der Waals surface area contributed by atoms with E-state index in [9.17, 15) is 4.79 Å². The number of amides is 1. The molecule has 1 aliphatic rings. The second-order valence-electron chi connectivity index (χ2n) is 4.65. The summed E-state index contributed by atoms with van der Waals surface area (Å²) >= 11 is 1.73. The van der Waals surface area contributed by atoms with Crippen LogP contribution in [0, 0.1) is 5.92 Å². The van der Waals surface area contributed by atoms with Gasteiger partial charge in [0.1, 0.15) is 0 Å². The van der Waals surface area contributed by atoms with Crippen molar-refractivity contribution in [2.45, 2.75) is 26.2 Å². The van der Waals surface area contributed by atoms with E-state index in [-0.39, 0.29) is 5.91 Å². The van der Waals surface area contributed by atoms with Crippen molar-refractivity contribution in [1.29, 1.82) is 0 Å². The van der Waals surface area contributed by atoms with Crippen molar-refractivity contribution in [3.8, 4) is 0 Å². The number of nitrogens with one attached hydrogen (secondary N) is 1. The van der Waals surface area contributed by atoms with E-state index in [0.29, 0.717) is 13.2 Å². The minimum atomic E-state index is 0.0501. The Morgan fingerprint density at radius 3 is 3.24 bits per heavy atom. The van der Waals surface area contributed by atoms with Gasteiger partial charge in [0, 0.05) is 23.9 Å². The zero-order valence-corrected chi connectivity index (χ0v) is 11.2. The van der Waals surface area contributed by atoms with E-state index in [2.05, 4.69) is 12.2 Å². The molecule has 0 fully saturated rings. The fraction of sp³-hybridized carbons (Fsp3) is 0.615. The van der Waals surface area contributed by atoms with E-state index >= 15 is 0 Å². The predicted octanol–water partition coefficient (Wildman–Crippen LogP) is 2.25. The molecule has 1 aromatic heterocycles. The number of carbonyl (C=O) groups excluding carboxylic acids is 1. The van der Waals surface area contributed by atoms with Crippen molar-refractivity contribution in [2.75, 3.05) is 20.3 Å². The molecule has 1 N–H and O–H groups in total. The number of thiophene rings is 1. The number of ether oxygens (including phenoxy) is 1. The molecule has 0 unspecified atom stereocenters. The molecule has 0 aliphatic heterocycles. The third-order valence-corrected chi connectivity index (χ3v) is 4.29. The lowest BCUT2D eigenvalue weighted by Crippen LogP contribution is -2.27. The summed E-state index contributed by atoms with van der Waals surface area (Å²) in [5, 5.41) is 4.89. The van der Waals surface area contributed by atoms with Gasteiger partial charge in [-0.2, -0.15) is 0 Å². The average Bonchev–Trinajstić information content (AvgIpc) is 2.72. The molecule has 1 atom stereocenters. The minimum absolute atomic E-state index is 0.0501. The molecular weight excluding hydrogens is 234 g/mol. The van der Waals surface area contributed by atoms with Crippen LogP contribution in [0.15, 0.2) is 5.38 Å². The van der Waals surface area contributed by atoms with Gasteiger partial charge in [0.25, 0.3) is 5.91 Å². The van der Waals surface area contributed by atoms with Gasteiger partial charge in [-0.25, -0.2) is 0 Å². The SMILES string of the molecule is COCCNC(=O)c1csc2c1CC[C@H](C)C2. The van der Waals surface area contributed by atoms with Crippen molar-refractivity contribution in [1.82, 2.24) is 5.32 Å². The summed E-state index contributed by atoms with van der Waals surface area (Å²) in [6.07, 6.45) is 3.38. The molecule has 94 valence electrons. The monoisotopic (exact) mass is 253 g/mol. The molecule has 0 radical (unpaired) electrons. The third kappa shape index (κ3) is 2.87. The van der Waals surface area contributed by atoms with Gasteiger partial charge in [-0.15, -0.1) is 11.3 Å². The Balaban J connectivity index is 2.04. The van der Waals surface area contributed by atoms with Crippen LogP contribution >= 0.6 is 11.3 Å². The zero-order valence-electron chi connectivity index (χ0n) is 10.4.